The second-order valence-electron chi connectivity index (χ2n) is 4.97. The van der Waals surface area contributed by atoms with Crippen molar-refractivity contribution in [2.45, 2.75) is 31.8 Å². The van der Waals surface area contributed by atoms with E-state index in [4.69, 9.17) is 5.73 Å². The van der Waals surface area contributed by atoms with Crippen LogP contribution in [0.15, 0.2) is 34.2 Å². The molecule has 0 fully saturated rings. The highest BCUT2D eigenvalue weighted by molar-refractivity contribution is 7.99. The summed E-state index contributed by atoms with van der Waals surface area (Å²) in [5.74, 6) is 0.144. The van der Waals surface area contributed by atoms with Crippen molar-refractivity contribution in [2.75, 3.05) is 16.8 Å². The van der Waals surface area contributed by atoms with Crippen LogP contribution in [0.1, 0.15) is 25.0 Å². The third-order valence-electron chi connectivity index (χ3n) is 3.34. The summed E-state index contributed by atoms with van der Waals surface area (Å²) in [7, 11) is 0. The number of hydrogen-bond donors (Lipinski definition) is 3. The number of rotatable bonds is 6. The van der Waals surface area contributed by atoms with Crippen molar-refractivity contribution < 1.29 is 4.79 Å². The van der Waals surface area contributed by atoms with Crippen LogP contribution in [0, 0.1) is 0 Å². The molecule has 122 valence electrons. The van der Waals surface area contributed by atoms with Crippen LogP contribution in [0.5, 0.6) is 0 Å². The molecule has 0 bridgehead atoms. The lowest BCUT2D eigenvalue weighted by Crippen LogP contribution is -2.17. The van der Waals surface area contributed by atoms with Crippen molar-refractivity contribution in [1.82, 2.24) is 9.97 Å². The molecule has 0 aliphatic carbocycles. The van der Waals surface area contributed by atoms with Gasteiger partial charge in [0.25, 0.3) is 5.56 Å². The van der Waals surface area contributed by atoms with Crippen LogP contribution in [0.4, 0.5) is 11.5 Å². The largest absolute Gasteiger partial charge is 0.383 e. The van der Waals surface area contributed by atoms with Gasteiger partial charge in [0.1, 0.15) is 5.82 Å². The zero-order valence-corrected chi connectivity index (χ0v) is 14.0. The second kappa shape index (κ2) is 7.82. The molecule has 0 aliphatic rings. The topological polar surface area (TPSA) is 101 Å². The Labute approximate surface area is 138 Å². The monoisotopic (exact) mass is 332 g/mol. The number of nitrogens with one attached hydrogen (secondary N) is 2. The first-order valence-electron chi connectivity index (χ1n) is 7.43. The number of aromatic nitrogens is 2. The maximum Gasteiger partial charge on any atom is 0.253 e. The minimum absolute atomic E-state index is 0.140. The third kappa shape index (κ3) is 4.59. The van der Waals surface area contributed by atoms with Gasteiger partial charge in [-0.2, -0.15) is 0 Å². The van der Waals surface area contributed by atoms with E-state index in [0.29, 0.717) is 5.16 Å². The highest BCUT2D eigenvalue weighted by Crippen LogP contribution is 2.23. The molecular formula is C16H20N4O2S. The van der Waals surface area contributed by atoms with Crippen molar-refractivity contribution in [2.24, 2.45) is 0 Å². The predicted octanol–water partition coefficient (Wildman–Crippen LogP) is 2.21. The molecule has 0 saturated carbocycles. The maximum absolute atomic E-state index is 12.2. The molecule has 0 atom stereocenters. The highest BCUT2D eigenvalue weighted by atomic mass is 32.2. The van der Waals surface area contributed by atoms with E-state index in [-0.39, 0.29) is 23.0 Å². The van der Waals surface area contributed by atoms with Crippen LogP contribution in [0.25, 0.3) is 0 Å². The molecule has 0 unspecified atom stereocenters. The normalized spacial score (nSPS) is 10.5. The lowest BCUT2D eigenvalue weighted by Gasteiger charge is -2.14. The van der Waals surface area contributed by atoms with E-state index in [2.05, 4.69) is 29.1 Å². The number of aromatic amines is 1. The Morgan fingerprint density at radius 1 is 1.30 bits per heavy atom. The van der Waals surface area contributed by atoms with Crippen molar-refractivity contribution >= 4 is 29.2 Å². The first-order valence-corrected chi connectivity index (χ1v) is 8.42. The number of carbonyl (C=O) groups excluding carboxylic acids is 1. The molecule has 0 spiro atoms. The van der Waals surface area contributed by atoms with Gasteiger partial charge in [-0.05, 0) is 24.0 Å². The molecular weight excluding hydrogens is 312 g/mol. The summed E-state index contributed by atoms with van der Waals surface area (Å²) in [6, 6.07) is 7.23. The molecule has 4 N–H and O–H groups in total. The van der Waals surface area contributed by atoms with Gasteiger partial charge in [0.15, 0.2) is 5.16 Å². The number of nitrogen functional groups attached to an aromatic ring is 1. The Morgan fingerprint density at radius 3 is 2.52 bits per heavy atom. The maximum atomic E-state index is 12.2. The minimum Gasteiger partial charge on any atom is -0.383 e. The Morgan fingerprint density at radius 2 is 1.96 bits per heavy atom. The Balaban J connectivity index is 2.07. The zero-order valence-electron chi connectivity index (χ0n) is 13.2. The van der Waals surface area contributed by atoms with Crippen molar-refractivity contribution in [3.63, 3.8) is 0 Å². The smallest absolute Gasteiger partial charge is 0.253 e. The van der Waals surface area contributed by atoms with Crippen LogP contribution >= 0.6 is 11.8 Å². The Hall–Kier alpha value is -2.28. The number of aryl methyl sites for hydroxylation is 2. The van der Waals surface area contributed by atoms with E-state index >= 15 is 0 Å². The van der Waals surface area contributed by atoms with Crippen LogP contribution in [0.3, 0.4) is 0 Å². The molecule has 2 rings (SSSR count). The van der Waals surface area contributed by atoms with Gasteiger partial charge in [-0.25, -0.2) is 4.98 Å². The van der Waals surface area contributed by atoms with E-state index in [1.54, 1.807) is 0 Å². The molecule has 0 radical (unpaired) electrons. The number of para-hydroxylation sites is 1. The summed E-state index contributed by atoms with van der Waals surface area (Å²) in [5, 5.41) is 3.31. The van der Waals surface area contributed by atoms with Crippen molar-refractivity contribution in [3.8, 4) is 0 Å². The highest BCUT2D eigenvalue weighted by Gasteiger charge is 2.11. The first-order chi connectivity index (χ1) is 11.0. The molecule has 0 aliphatic heterocycles. The second-order valence-corrected chi connectivity index (χ2v) is 5.93. The number of amides is 1. The van der Waals surface area contributed by atoms with Gasteiger partial charge < -0.3 is 16.0 Å². The summed E-state index contributed by atoms with van der Waals surface area (Å²) in [4.78, 5) is 30.1. The van der Waals surface area contributed by atoms with Crippen LogP contribution in [-0.2, 0) is 17.6 Å². The number of benzene rings is 1. The minimum atomic E-state index is -0.329. The zero-order chi connectivity index (χ0) is 16.8. The van der Waals surface area contributed by atoms with Gasteiger partial charge in [0.05, 0.1) is 5.75 Å². The predicted molar refractivity (Wildman–Crippen MR) is 93.8 cm³/mol. The lowest BCUT2D eigenvalue weighted by molar-refractivity contribution is -0.113. The van der Waals surface area contributed by atoms with Gasteiger partial charge in [-0.15, -0.1) is 0 Å². The van der Waals surface area contributed by atoms with Crippen molar-refractivity contribution in [1.29, 1.82) is 0 Å². The fourth-order valence-corrected chi connectivity index (χ4v) is 2.92. The van der Waals surface area contributed by atoms with Gasteiger partial charge in [0.2, 0.25) is 5.91 Å². The number of anilines is 2. The van der Waals surface area contributed by atoms with Crippen LogP contribution in [-0.4, -0.2) is 21.6 Å². The van der Waals surface area contributed by atoms with Crippen molar-refractivity contribution in [3.05, 3.63) is 45.7 Å². The average Bonchev–Trinajstić information content (AvgIpc) is 2.52. The molecule has 1 aromatic carbocycles. The first kappa shape index (κ1) is 17.1. The molecule has 23 heavy (non-hydrogen) atoms. The number of nitrogens with two attached hydrogens (primary N) is 1. The van der Waals surface area contributed by atoms with E-state index < -0.39 is 0 Å². The summed E-state index contributed by atoms with van der Waals surface area (Å²) in [5.41, 5.74) is 8.30. The standard InChI is InChI=1S/C16H20N4O2S/c1-3-10-6-5-7-11(4-2)15(10)19-14(22)9-23-16-18-12(17)8-13(21)20-16/h5-8H,3-4,9H2,1-2H3,(H,19,22)(H3,17,18,20,21). The molecule has 1 heterocycles. The van der Waals surface area contributed by atoms with E-state index in [9.17, 15) is 9.59 Å². The molecule has 6 nitrogen and oxygen atoms in total. The molecule has 7 heteroatoms. The van der Waals surface area contributed by atoms with Gasteiger partial charge in [0, 0.05) is 11.8 Å². The molecule has 0 saturated heterocycles. The summed E-state index contributed by atoms with van der Waals surface area (Å²) < 4.78 is 0. The van der Waals surface area contributed by atoms with E-state index in [1.807, 2.05) is 18.2 Å². The Bertz CT molecular complexity index is 736. The van der Waals surface area contributed by atoms with Gasteiger partial charge >= 0.3 is 0 Å². The molecule has 1 amide bonds. The fourth-order valence-electron chi connectivity index (χ4n) is 2.23. The molecule has 1 aromatic heterocycles. The van der Waals surface area contributed by atoms with Gasteiger partial charge in [-0.1, -0.05) is 43.8 Å². The van der Waals surface area contributed by atoms with E-state index in [1.165, 1.54) is 6.07 Å². The quantitative estimate of drug-likeness (QED) is 0.556. The average molecular weight is 332 g/mol. The van der Waals surface area contributed by atoms with Crippen LogP contribution in [0.2, 0.25) is 0 Å². The van der Waals surface area contributed by atoms with Crippen LogP contribution < -0.4 is 16.6 Å². The number of H-pyrrole nitrogens is 1. The number of thioether (sulfide) groups is 1. The lowest BCUT2D eigenvalue weighted by atomic mass is 10.0. The number of nitrogens with zero attached hydrogens (tertiary/aromatic N) is 1. The molecule has 2 aromatic rings. The number of hydrogen-bond acceptors (Lipinski definition) is 5. The SMILES string of the molecule is CCc1cccc(CC)c1NC(=O)CSc1nc(N)cc(=O)[nH]1. The Kier molecular flexibility index (Phi) is 5.81. The third-order valence-corrected chi connectivity index (χ3v) is 4.22. The summed E-state index contributed by atoms with van der Waals surface area (Å²) in [6.45, 7) is 4.11. The van der Waals surface area contributed by atoms with Gasteiger partial charge in [-0.3, -0.25) is 9.59 Å². The summed E-state index contributed by atoms with van der Waals surface area (Å²) >= 11 is 1.14. The fraction of sp³-hybridized carbons (Fsp3) is 0.312. The number of carbonyl (C=O) groups is 1. The summed E-state index contributed by atoms with van der Waals surface area (Å²) in [6.07, 6.45) is 1.70. The van der Waals surface area contributed by atoms with E-state index in [0.717, 1.165) is 41.4 Å².